The van der Waals surface area contributed by atoms with Crippen molar-refractivity contribution in [3.63, 3.8) is 0 Å². The molecule has 6 atom stereocenters. The molecule has 0 aromatic rings. The van der Waals surface area contributed by atoms with Crippen molar-refractivity contribution in [2.45, 2.75) is 173 Å². The summed E-state index contributed by atoms with van der Waals surface area (Å²) in [6, 6.07) is 0. The number of carbonyl (C=O) groups is 4. The average molecular weight is 1010 g/mol. The smallest absolute Gasteiger partial charge is 0.335 e. The molecule has 73 heavy (non-hydrogen) atoms. The van der Waals surface area contributed by atoms with Crippen molar-refractivity contribution in [1.82, 2.24) is 0 Å². The summed E-state index contributed by atoms with van der Waals surface area (Å²) >= 11 is 0. The van der Waals surface area contributed by atoms with Crippen LogP contribution in [0, 0.1) is 0 Å². The van der Waals surface area contributed by atoms with E-state index in [-0.39, 0.29) is 19.3 Å². The fourth-order valence-electron chi connectivity index (χ4n) is 6.47. The highest BCUT2D eigenvalue weighted by Gasteiger charge is 2.50. The number of hydrogen-bond acceptors (Lipinski definition) is 11. The molecule has 12 heteroatoms. The molecule has 3 N–H and O–H groups in total. The first-order chi connectivity index (χ1) is 35.6. The van der Waals surface area contributed by atoms with Crippen molar-refractivity contribution >= 4 is 23.9 Å². The molecule has 0 radical (unpaired) electrons. The number of rotatable bonds is 40. The van der Waals surface area contributed by atoms with Crippen LogP contribution in [0.25, 0.3) is 0 Å². The zero-order chi connectivity index (χ0) is 53.3. The molecule has 402 valence electrons. The lowest BCUT2D eigenvalue weighted by Gasteiger charge is -2.40. The summed E-state index contributed by atoms with van der Waals surface area (Å²) in [4.78, 5) is 50.7. The Hall–Kier alpha value is -5.92. The van der Waals surface area contributed by atoms with E-state index in [4.69, 9.17) is 23.7 Å². The predicted octanol–water partition coefficient (Wildman–Crippen LogP) is 12.8. The van der Waals surface area contributed by atoms with Gasteiger partial charge in [0.15, 0.2) is 24.6 Å². The summed E-state index contributed by atoms with van der Waals surface area (Å²) in [6.07, 6.45) is 58.4. The average Bonchev–Trinajstić information content (AvgIpc) is 3.37. The molecule has 12 nitrogen and oxygen atoms in total. The third-order valence-corrected chi connectivity index (χ3v) is 10.3. The Kier molecular flexibility index (Phi) is 42.0. The first-order valence-corrected chi connectivity index (χ1v) is 26.1. The second kappa shape index (κ2) is 47.1. The van der Waals surface area contributed by atoms with E-state index < -0.39 is 73.9 Å². The van der Waals surface area contributed by atoms with Gasteiger partial charge >= 0.3 is 23.9 Å². The molecule has 0 bridgehead atoms. The highest BCUT2D eigenvalue weighted by molar-refractivity contribution is 5.74. The molecule has 1 aliphatic rings. The van der Waals surface area contributed by atoms with Crippen molar-refractivity contribution in [3.8, 4) is 0 Å². The summed E-state index contributed by atoms with van der Waals surface area (Å²) in [5.41, 5.74) is 0. The molecule has 1 rings (SSSR count). The summed E-state index contributed by atoms with van der Waals surface area (Å²) in [5.74, 6) is -3.60. The van der Waals surface area contributed by atoms with Crippen molar-refractivity contribution in [2.75, 3.05) is 13.2 Å². The molecule has 0 aromatic carbocycles. The van der Waals surface area contributed by atoms with Gasteiger partial charge in [0, 0.05) is 6.42 Å². The van der Waals surface area contributed by atoms with E-state index in [2.05, 4.69) is 118 Å². The second-order valence-corrected chi connectivity index (χ2v) is 16.7. The number of aliphatic hydroxyl groups is 2. The SMILES string of the molecule is CC/C=C\C/C=C\C/C=C\C/C=C\C/C=C\CC(=O)OCC(COC1OC(C(=O)O)C(O)C(O)C1OC(=O)CC/C=C\C/C=C\C/C=C\C/C=C\CC)OC(=O)C/C=C\C/C=C\C/C=C\C/C=C\C/C=C\CC. The minimum absolute atomic E-state index is 0.0515. The number of aliphatic hydroxyl groups excluding tert-OH is 2. The van der Waals surface area contributed by atoms with Crippen LogP contribution in [0.3, 0.4) is 0 Å². The quantitative estimate of drug-likeness (QED) is 0.0301. The Morgan fingerprint density at radius 1 is 0.452 bits per heavy atom. The minimum Gasteiger partial charge on any atom is -0.479 e. The summed E-state index contributed by atoms with van der Waals surface area (Å²) in [7, 11) is 0. The van der Waals surface area contributed by atoms with Crippen LogP contribution in [0.5, 0.6) is 0 Å². The maximum Gasteiger partial charge on any atom is 0.335 e. The van der Waals surface area contributed by atoms with E-state index in [1.54, 1.807) is 12.2 Å². The molecule has 0 aliphatic carbocycles. The molecule has 1 heterocycles. The summed E-state index contributed by atoms with van der Waals surface area (Å²) in [6.45, 7) is 5.38. The van der Waals surface area contributed by atoms with Crippen molar-refractivity contribution in [2.24, 2.45) is 0 Å². The van der Waals surface area contributed by atoms with E-state index in [0.29, 0.717) is 25.7 Å². The molecule has 6 unspecified atom stereocenters. The number of ether oxygens (including phenoxy) is 5. The number of allylic oxidation sites excluding steroid dienone is 26. The first-order valence-electron chi connectivity index (χ1n) is 26.1. The fraction of sp³-hybridized carbons (Fsp3) is 0.475. The molecule has 1 saturated heterocycles. The third kappa shape index (κ3) is 37.5. The molecule has 0 amide bonds. The Labute approximate surface area is 437 Å². The molecule has 0 saturated carbocycles. The number of carbonyl (C=O) groups excluding carboxylic acids is 3. The van der Waals surface area contributed by atoms with Crippen LogP contribution < -0.4 is 0 Å². The van der Waals surface area contributed by atoms with Gasteiger partial charge in [-0.15, -0.1) is 0 Å². The van der Waals surface area contributed by atoms with Gasteiger partial charge in [-0.1, -0.05) is 191 Å². The lowest BCUT2D eigenvalue weighted by Crippen LogP contribution is -2.61. The normalized spacial score (nSPS) is 19.7. The van der Waals surface area contributed by atoms with Gasteiger partial charge in [0.2, 0.25) is 0 Å². The topological polar surface area (TPSA) is 175 Å². The van der Waals surface area contributed by atoms with E-state index in [9.17, 15) is 34.5 Å². The van der Waals surface area contributed by atoms with Gasteiger partial charge in [-0.25, -0.2) is 4.79 Å². The van der Waals surface area contributed by atoms with Gasteiger partial charge in [-0.3, -0.25) is 14.4 Å². The van der Waals surface area contributed by atoms with Gasteiger partial charge in [0.1, 0.15) is 18.8 Å². The highest BCUT2D eigenvalue weighted by Crippen LogP contribution is 2.26. The summed E-state index contributed by atoms with van der Waals surface area (Å²) in [5, 5.41) is 31.3. The van der Waals surface area contributed by atoms with Crippen LogP contribution in [0.1, 0.15) is 136 Å². The molecular weight excluding hydrogens is 925 g/mol. The van der Waals surface area contributed by atoms with Crippen LogP contribution in [0.15, 0.2) is 170 Å². The third-order valence-electron chi connectivity index (χ3n) is 10.3. The van der Waals surface area contributed by atoms with Gasteiger partial charge in [-0.2, -0.15) is 0 Å². The lowest BCUT2D eigenvalue weighted by atomic mass is 9.98. The van der Waals surface area contributed by atoms with Crippen LogP contribution in [0.4, 0.5) is 0 Å². The monoisotopic (exact) mass is 1010 g/mol. The fourth-order valence-corrected chi connectivity index (χ4v) is 6.47. The standard InChI is InChI=1S/C61H86O12/c1-4-7-10-13-16-19-22-25-27-30-32-35-38-41-44-47-53(62)69-50-52(71-54(63)48-45-42-39-36-34-31-28-26-23-20-17-14-11-8-5-2)51-70-61-59(57(66)56(65)58(73-61)60(67)68)72-55(64)49-46-43-40-37-33-29-24-21-18-15-12-9-6-3/h7-12,16-21,25-29,32-36,40-45,52,56-59,61,65-66H,4-6,13-15,22-24,30-31,37-39,46-51H2,1-3H3,(H,67,68)/b10-7-,11-8-,12-9-,19-16-,20-17-,21-18-,27-25-,28-26-,33-29-,35-32-,36-34-,43-40-,44-41-,45-42-. The van der Waals surface area contributed by atoms with Crippen LogP contribution in [-0.4, -0.2) is 89.2 Å². The Morgan fingerprint density at radius 2 is 0.808 bits per heavy atom. The van der Waals surface area contributed by atoms with Crippen LogP contribution in [-0.2, 0) is 42.9 Å². The van der Waals surface area contributed by atoms with E-state index >= 15 is 0 Å². The first kappa shape index (κ1) is 65.1. The van der Waals surface area contributed by atoms with Crippen molar-refractivity contribution < 1.29 is 58.2 Å². The molecule has 1 aliphatic heterocycles. The summed E-state index contributed by atoms with van der Waals surface area (Å²) < 4.78 is 27.9. The number of aliphatic carboxylic acids is 1. The van der Waals surface area contributed by atoms with Gasteiger partial charge in [-0.05, 0) is 96.3 Å². The maximum atomic E-state index is 13.0. The number of hydrogen-bond donors (Lipinski definition) is 3. The largest absolute Gasteiger partial charge is 0.479 e. The lowest BCUT2D eigenvalue weighted by molar-refractivity contribution is -0.301. The zero-order valence-electron chi connectivity index (χ0n) is 43.8. The van der Waals surface area contributed by atoms with Crippen LogP contribution in [0.2, 0.25) is 0 Å². The highest BCUT2D eigenvalue weighted by atomic mass is 16.7. The molecular formula is C61H86O12. The number of esters is 3. The molecule has 0 aromatic heterocycles. The Bertz CT molecular complexity index is 1920. The minimum atomic E-state index is -1.96. The maximum absolute atomic E-state index is 13.0. The van der Waals surface area contributed by atoms with E-state index in [1.807, 2.05) is 60.8 Å². The van der Waals surface area contributed by atoms with Gasteiger partial charge < -0.3 is 39.0 Å². The van der Waals surface area contributed by atoms with Crippen molar-refractivity contribution in [3.05, 3.63) is 170 Å². The number of carboxylic acids is 1. The molecule has 1 fully saturated rings. The van der Waals surface area contributed by atoms with E-state index in [1.165, 1.54) is 0 Å². The Morgan fingerprint density at radius 3 is 1.19 bits per heavy atom. The number of carboxylic acid groups (broad SMARTS) is 1. The van der Waals surface area contributed by atoms with Gasteiger partial charge in [0.25, 0.3) is 0 Å². The second-order valence-electron chi connectivity index (χ2n) is 16.7. The van der Waals surface area contributed by atoms with Gasteiger partial charge in [0.05, 0.1) is 19.4 Å². The van der Waals surface area contributed by atoms with Crippen molar-refractivity contribution in [1.29, 1.82) is 0 Å². The van der Waals surface area contributed by atoms with Crippen LogP contribution >= 0.6 is 0 Å². The Balaban J connectivity index is 2.91. The molecule has 0 spiro atoms. The zero-order valence-corrected chi connectivity index (χ0v) is 43.8. The predicted molar refractivity (Wildman–Crippen MR) is 293 cm³/mol. The van der Waals surface area contributed by atoms with E-state index in [0.717, 1.165) is 70.6 Å².